The van der Waals surface area contributed by atoms with E-state index in [0.717, 1.165) is 16.7 Å². The number of benzene rings is 2. The Bertz CT molecular complexity index is 914. The third-order valence-corrected chi connectivity index (χ3v) is 4.99. The van der Waals surface area contributed by atoms with E-state index in [1.807, 2.05) is 0 Å². The second kappa shape index (κ2) is 7.30. The van der Waals surface area contributed by atoms with E-state index in [-0.39, 0.29) is 4.91 Å². The van der Waals surface area contributed by atoms with E-state index in [4.69, 9.17) is 39.5 Å². The number of halogens is 3. The molecule has 3 rings (SSSR count). The molecule has 8 heteroatoms. The standard InChI is InChI=1S/C17H10Cl3NO3S/c1-24-15-9(5-11(19)8-13(15)20)6-14-16(22)21(17(23)25-14)12-4-2-3-10(18)7-12/h2-8H,1H3/b14-6+. The van der Waals surface area contributed by atoms with Gasteiger partial charge in [-0.05, 0) is 48.2 Å². The molecule has 1 heterocycles. The highest BCUT2D eigenvalue weighted by Crippen LogP contribution is 2.39. The Morgan fingerprint density at radius 1 is 1.08 bits per heavy atom. The van der Waals surface area contributed by atoms with Crippen molar-refractivity contribution in [2.45, 2.75) is 0 Å². The lowest BCUT2D eigenvalue weighted by Gasteiger charge is -2.12. The molecule has 0 unspecified atom stereocenters. The minimum absolute atomic E-state index is 0.238. The van der Waals surface area contributed by atoms with Crippen molar-refractivity contribution in [3.8, 4) is 5.75 Å². The molecule has 0 saturated carbocycles. The third-order valence-electron chi connectivity index (χ3n) is 3.39. The lowest BCUT2D eigenvalue weighted by molar-refractivity contribution is -0.113. The molecule has 1 fully saturated rings. The first-order chi connectivity index (χ1) is 11.9. The Morgan fingerprint density at radius 3 is 2.52 bits per heavy atom. The summed E-state index contributed by atoms with van der Waals surface area (Å²) in [5.74, 6) is -0.0731. The van der Waals surface area contributed by atoms with Crippen molar-refractivity contribution in [2.24, 2.45) is 0 Å². The number of hydrogen-bond donors (Lipinski definition) is 0. The largest absolute Gasteiger partial charge is 0.495 e. The maximum Gasteiger partial charge on any atom is 0.298 e. The first kappa shape index (κ1) is 18.1. The number of carbonyl (C=O) groups excluding carboxylic acids is 2. The summed E-state index contributed by atoms with van der Waals surface area (Å²) in [6, 6.07) is 9.68. The van der Waals surface area contributed by atoms with Gasteiger partial charge in [0.2, 0.25) is 0 Å². The van der Waals surface area contributed by atoms with Crippen LogP contribution in [0.3, 0.4) is 0 Å². The molecule has 1 aliphatic heterocycles. The van der Waals surface area contributed by atoms with Gasteiger partial charge in [0, 0.05) is 15.6 Å². The van der Waals surface area contributed by atoms with Gasteiger partial charge in [-0.25, -0.2) is 4.90 Å². The molecule has 0 spiro atoms. The Labute approximate surface area is 163 Å². The van der Waals surface area contributed by atoms with Crippen LogP contribution >= 0.6 is 46.6 Å². The highest BCUT2D eigenvalue weighted by atomic mass is 35.5. The summed E-state index contributed by atoms with van der Waals surface area (Å²) in [4.78, 5) is 26.3. The predicted octanol–water partition coefficient (Wildman–Crippen LogP) is 5.90. The average Bonchev–Trinajstić information content (AvgIpc) is 2.81. The van der Waals surface area contributed by atoms with Gasteiger partial charge < -0.3 is 4.74 Å². The zero-order valence-corrected chi connectivity index (χ0v) is 15.8. The van der Waals surface area contributed by atoms with E-state index in [1.165, 1.54) is 19.3 Å². The second-order valence-corrected chi connectivity index (χ2v) is 7.28. The van der Waals surface area contributed by atoms with Crippen molar-refractivity contribution in [2.75, 3.05) is 12.0 Å². The van der Waals surface area contributed by atoms with Crippen LogP contribution in [0.25, 0.3) is 6.08 Å². The maximum atomic E-state index is 12.7. The SMILES string of the molecule is COc1c(Cl)cc(Cl)cc1/C=C1/SC(=O)N(c2cccc(Cl)c2)C1=O. The summed E-state index contributed by atoms with van der Waals surface area (Å²) in [6.07, 6.45) is 1.53. The highest BCUT2D eigenvalue weighted by molar-refractivity contribution is 8.19. The molecule has 0 bridgehead atoms. The number of amides is 2. The van der Waals surface area contributed by atoms with Crippen molar-refractivity contribution in [1.29, 1.82) is 0 Å². The molecule has 2 aromatic carbocycles. The quantitative estimate of drug-likeness (QED) is 0.587. The van der Waals surface area contributed by atoms with E-state index in [0.29, 0.717) is 32.1 Å². The summed E-state index contributed by atoms with van der Waals surface area (Å²) >= 11 is 18.9. The minimum atomic E-state index is -0.449. The lowest BCUT2D eigenvalue weighted by atomic mass is 10.1. The topological polar surface area (TPSA) is 46.6 Å². The molecule has 0 aliphatic carbocycles. The number of nitrogens with zero attached hydrogens (tertiary/aromatic N) is 1. The average molecular weight is 415 g/mol. The number of rotatable bonds is 3. The van der Waals surface area contributed by atoms with Gasteiger partial charge in [-0.2, -0.15) is 0 Å². The van der Waals surface area contributed by atoms with E-state index in [9.17, 15) is 9.59 Å². The summed E-state index contributed by atoms with van der Waals surface area (Å²) in [6.45, 7) is 0. The van der Waals surface area contributed by atoms with E-state index >= 15 is 0 Å². The van der Waals surface area contributed by atoms with Crippen LogP contribution in [0.2, 0.25) is 15.1 Å². The molecule has 25 heavy (non-hydrogen) atoms. The van der Waals surface area contributed by atoms with Crippen LogP contribution in [0.15, 0.2) is 41.3 Å². The van der Waals surface area contributed by atoms with E-state index in [1.54, 1.807) is 30.3 Å². The van der Waals surface area contributed by atoms with Crippen LogP contribution in [0, 0.1) is 0 Å². The van der Waals surface area contributed by atoms with Gasteiger partial charge in [-0.1, -0.05) is 40.9 Å². The van der Waals surface area contributed by atoms with Crippen molar-refractivity contribution in [1.82, 2.24) is 0 Å². The third kappa shape index (κ3) is 3.65. The number of imide groups is 1. The normalized spacial score (nSPS) is 16.0. The fourth-order valence-electron chi connectivity index (χ4n) is 2.35. The van der Waals surface area contributed by atoms with E-state index in [2.05, 4.69) is 0 Å². The molecular weight excluding hydrogens is 405 g/mol. The number of thioether (sulfide) groups is 1. The van der Waals surface area contributed by atoms with Crippen molar-refractivity contribution in [3.63, 3.8) is 0 Å². The minimum Gasteiger partial charge on any atom is -0.495 e. The van der Waals surface area contributed by atoms with Crippen molar-refractivity contribution in [3.05, 3.63) is 61.9 Å². The first-order valence-electron chi connectivity index (χ1n) is 6.97. The molecule has 1 aliphatic rings. The van der Waals surface area contributed by atoms with Crippen LogP contribution in [-0.4, -0.2) is 18.3 Å². The molecule has 1 saturated heterocycles. The van der Waals surface area contributed by atoms with Gasteiger partial charge in [0.1, 0.15) is 5.75 Å². The fraction of sp³-hybridized carbons (Fsp3) is 0.0588. The Hall–Kier alpha value is -1.66. The van der Waals surface area contributed by atoms with Crippen LogP contribution in [0.5, 0.6) is 5.75 Å². The number of anilines is 1. The molecule has 0 N–H and O–H groups in total. The zero-order chi connectivity index (χ0) is 18.1. The summed E-state index contributed by atoms with van der Waals surface area (Å²) in [5, 5.41) is 0.732. The van der Waals surface area contributed by atoms with Crippen LogP contribution < -0.4 is 9.64 Å². The van der Waals surface area contributed by atoms with Crippen molar-refractivity contribution < 1.29 is 14.3 Å². The summed E-state index contributed by atoms with van der Waals surface area (Å²) in [7, 11) is 1.46. The molecule has 4 nitrogen and oxygen atoms in total. The van der Waals surface area contributed by atoms with Crippen LogP contribution in [0.4, 0.5) is 10.5 Å². The fourth-order valence-corrected chi connectivity index (χ4v) is 3.95. The Morgan fingerprint density at radius 2 is 1.84 bits per heavy atom. The number of ether oxygens (including phenoxy) is 1. The second-order valence-electron chi connectivity index (χ2n) is 5.01. The molecule has 2 amide bonds. The molecular formula is C17H10Cl3NO3S. The first-order valence-corrected chi connectivity index (χ1v) is 8.92. The van der Waals surface area contributed by atoms with Gasteiger partial charge in [-0.15, -0.1) is 0 Å². The van der Waals surface area contributed by atoms with Gasteiger partial charge in [0.05, 0.1) is 22.7 Å². The van der Waals surface area contributed by atoms with Crippen LogP contribution in [-0.2, 0) is 4.79 Å². The highest BCUT2D eigenvalue weighted by Gasteiger charge is 2.36. The molecule has 0 radical (unpaired) electrons. The molecule has 128 valence electrons. The smallest absolute Gasteiger partial charge is 0.298 e. The van der Waals surface area contributed by atoms with Gasteiger partial charge in [0.25, 0.3) is 11.1 Å². The van der Waals surface area contributed by atoms with Gasteiger partial charge in [-0.3, -0.25) is 9.59 Å². The maximum absolute atomic E-state index is 12.7. The Balaban J connectivity index is 2.02. The summed E-state index contributed by atoms with van der Waals surface area (Å²) in [5.41, 5.74) is 0.922. The van der Waals surface area contributed by atoms with Crippen molar-refractivity contribution >= 4 is 69.5 Å². The molecule has 2 aromatic rings. The monoisotopic (exact) mass is 413 g/mol. The predicted molar refractivity (Wildman–Crippen MR) is 103 cm³/mol. The van der Waals surface area contributed by atoms with Crippen LogP contribution in [0.1, 0.15) is 5.56 Å². The number of carbonyl (C=O) groups is 2. The number of hydrogen-bond acceptors (Lipinski definition) is 4. The molecule has 0 aromatic heterocycles. The number of methoxy groups -OCH3 is 1. The summed E-state index contributed by atoms with van der Waals surface area (Å²) < 4.78 is 5.26. The Kier molecular flexibility index (Phi) is 5.29. The van der Waals surface area contributed by atoms with Gasteiger partial charge in [0.15, 0.2) is 0 Å². The zero-order valence-electron chi connectivity index (χ0n) is 12.8. The van der Waals surface area contributed by atoms with E-state index < -0.39 is 11.1 Å². The molecule has 0 atom stereocenters. The van der Waals surface area contributed by atoms with Gasteiger partial charge >= 0.3 is 0 Å². The lowest BCUT2D eigenvalue weighted by Crippen LogP contribution is -2.27.